The highest BCUT2D eigenvalue weighted by Gasteiger charge is 2.03. The van der Waals surface area contributed by atoms with E-state index in [2.05, 4.69) is 30.7 Å². The Hall–Kier alpha value is -2.18. The third kappa shape index (κ3) is 2.44. The molecule has 7 heteroatoms. The zero-order chi connectivity index (χ0) is 11.4. The van der Waals surface area contributed by atoms with Crippen LogP contribution in [0.4, 0.5) is 11.6 Å². The van der Waals surface area contributed by atoms with Crippen molar-refractivity contribution in [3.8, 4) is 0 Å². The average molecular weight is 220 g/mol. The molecule has 2 aromatic rings. The highest BCUT2D eigenvalue weighted by molar-refractivity contribution is 5.40. The van der Waals surface area contributed by atoms with Gasteiger partial charge in [0.2, 0.25) is 5.89 Å². The van der Waals surface area contributed by atoms with E-state index in [-0.39, 0.29) is 0 Å². The minimum atomic E-state index is 0.433. The van der Waals surface area contributed by atoms with Gasteiger partial charge in [-0.3, -0.25) is 4.98 Å². The summed E-state index contributed by atoms with van der Waals surface area (Å²) in [5.41, 5.74) is 0. The van der Waals surface area contributed by atoms with Crippen LogP contribution in [0.5, 0.6) is 0 Å². The second-order valence-electron chi connectivity index (χ2n) is 3.13. The lowest BCUT2D eigenvalue weighted by atomic mass is 10.5. The van der Waals surface area contributed by atoms with E-state index in [1.54, 1.807) is 26.4 Å². The van der Waals surface area contributed by atoms with Gasteiger partial charge >= 0.3 is 0 Å². The van der Waals surface area contributed by atoms with Gasteiger partial charge in [-0.2, -0.15) is 4.98 Å². The summed E-state index contributed by atoms with van der Waals surface area (Å²) < 4.78 is 4.96. The molecule has 0 aliphatic carbocycles. The first kappa shape index (κ1) is 10.3. The van der Waals surface area contributed by atoms with Crippen LogP contribution in [-0.2, 0) is 6.54 Å². The van der Waals surface area contributed by atoms with E-state index >= 15 is 0 Å². The first-order chi connectivity index (χ1) is 7.78. The molecule has 2 rings (SSSR count). The molecule has 2 N–H and O–H groups in total. The normalized spacial score (nSPS) is 10.1. The van der Waals surface area contributed by atoms with Crippen LogP contribution in [0.2, 0.25) is 0 Å². The molecular weight excluding hydrogens is 208 g/mol. The van der Waals surface area contributed by atoms with Gasteiger partial charge in [-0.1, -0.05) is 5.16 Å². The summed E-state index contributed by atoms with van der Waals surface area (Å²) in [6, 6.07) is 0. The predicted octanol–water partition coefficient (Wildman–Crippen LogP) is 0.822. The zero-order valence-corrected chi connectivity index (χ0v) is 9.06. The van der Waals surface area contributed by atoms with Crippen molar-refractivity contribution in [1.82, 2.24) is 20.1 Å². The van der Waals surface area contributed by atoms with Crippen LogP contribution >= 0.6 is 0 Å². The molecule has 0 bridgehead atoms. The Morgan fingerprint density at radius 2 is 2.06 bits per heavy atom. The first-order valence-corrected chi connectivity index (χ1v) is 4.81. The van der Waals surface area contributed by atoms with Gasteiger partial charge in [0.05, 0.1) is 18.9 Å². The third-order valence-corrected chi connectivity index (χ3v) is 1.88. The van der Waals surface area contributed by atoms with E-state index in [0.29, 0.717) is 29.9 Å². The Morgan fingerprint density at radius 1 is 1.25 bits per heavy atom. The van der Waals surface area contributed by atoms with Crippen molar-refractivity contribution >= 4 is 11.6 Å². The number of anilines is 2. The van der Waals surface area contributed by atoms with E-state index in [4.69, 9.17) is 4.52 Å². The minimum absolute atomic E-state index is 0.433. The SMILES string of the molecule is CNc1cncc(NCc2nc(C)no2)n1. The molecule has 0 amide bonds. The molecule has 0 spiro atoms. The van der Waals surface area contributed by atoms with E-state index in [1.165, 1.54) is 0 Å². The Bertz CT molecular complexity index is 469. The second-order valence-corrected chi connectivity index (χ2v) is 3.13. The van der Waals surface area contributed by atoms with Gasteiger partial charge in [0.15, 0.2) is 5.82 Å². The van der Waals surface area contributed by atoms with Crippen molar-refractivity contribution in [3.63, 3.8) is 0 Å². The van der Waals surface area contributed by atoms with Gasteiger partial charge < -0.3 is 15.2 Å². The molecule has 0 aromatic carbocycles. The Labute approximate surface area is 92.3 Å². The van der Waals surface area contributed by atoms with E-state index < -0.39 is 0 Å². The van der Waals surface area contributed by atoms with Crippen LogP contribution < -0.4 is 10.6 Å². The minimum Gasteiger partial charge on any atom is -0.372 e. The molecule has 0 atom stereocenters. The number of aryl methyl sites for hydroxylation is 1. The fourth-order valence-electron chi connectivity index (χ4n) is 1.15. The summed E-state index contributed by atoms with van der Waals surface area (Å²) in [4.78, 5) is 12.3. The second kappa shape index (κ2) is 4.56. The molecule has 0 aliphatic heterocycles. The van der Waals surface area contributed by atoms with Crippen LogP contribution in [-0.4, -0.2) is 27.2 Å². The Morgan fingerprint density at radius 3 is 2.75 bits per heavy atom. The summed E-state index contributed by atoms with van der Waals surface area (Å²) in [6.07, 6.45) is 3.27. The monoisotopic (exact) mass is 220 g/mol. The smallest absolute Gasteiger partial charge is 0.245 e. The lowest BCUT2D eigenvalue weighted by molar-refractivity contribution is 0.379. The van der Waals surface area contributed by atoms with Crippen LogP contribution in [0.3, 0.4) is 0 Å². The topological polar surface area (TPSA) is 88.8 Å². The standard InChI is InChI=1S/C9H12N6O/c1-6-13-9(16-15-6)5-12-8-4-11-3-7(10-2)14-8/h3-4H,5H2,1-2H3,(H2,10,12,14). The quantitative estimate of drug-likeness (QED) is 0.788. The highest BCUT2D eigenvalue weighted by atomic mass is 16.5. The van der Waals surface area contributed by atoms with Gasteiger partial charge in [-0.05, 0) is 6.92 Å². The number of rotatable bonds is 4. The molecular formula is C9H12N6O. The summed E-state index contributed by atoms with van der Waals surface area (Å²) in [6.45, 7) is 2.21. The molecule has 84 valence electrons. The van der Waals surface area contributed by atoms with Crippen LogP contribution in [0.15, 0.2) is 16.9 Å². The number of hydrogen-bond acceptors (Lipinski definition) is 7. The maximum atomic E-state index is 4.96. The lowest BCUT2D eigenvalue weighted by Gasteiger charge is -2.03. The fourth-order valence-corrected chi connectivity index (χ4v) is 1.15. The van der Waals surface area contributed by atoms with Crippen molar-refractivity contribution in [3.05, 3.63) is 24.1 Å². The van der Waals surface area contributed by atoms with Crippen molar-refractivity contribution in [2.45, 2.75) is 13.5 Å². The third-order valence-electron chi connectivity index (χ3n) is 1.88. The molecule has 16 heavy (non-hydrogen) atoms. The summed E-state index contributed by atoms with van der Waals surface area (Å²) in [5, 5.41) is 9.63. The van der Waals surface area contributed by atoms with Crippen molar-refractivity contribution in [1.29, 1.82) is 0 Å². The van der Waals surface area contributed by atoms with E-state index in [0.717, 1.165) is 0 Å². The van der Waals surface area contributed by atoms with E-state index in [9.17, 15) is 0 Å². The number of nitrogens with one attached hydrogen (secondary N) is 2. The molecule has 0 saturated carbocycles. The van der Waals surface area contributed by atoms with Crippen molar-refractivity contribution < 1.29 is 4.52 Å². The van der Waals surface area contributed by atoms with Gasteiger partial charge in [-0.15, -0.1) is 0 Å². The predicted molar refractivity (Wildman–Crippen MR) is 57.9 cm³/mol. The number of aromatic nitrogens is 4. The van der Waals surface area contributed by atoms with Crippen LogP contribution in [0.25, 0.3) is 0 Å². The molecule has 0 unspecified atom stereocenters. The Balaban J connectivity index is 1.99. The van der Waals surface area contributed by atoms with Crippen molar-refractivity contribution in [2.24, 2.45) is 0 Å². The average Bonchev–Trinajstić information content (AvgIpc) is 2.73. The van der Waals surface area contributed by atoms with Gasteiger partial charge in [0.1, 0.15) is 11.6 Å². The maximum absolute atomic E-state index is 4.96. The fraction of sp³-hybridized carbons (Fsp3) is 0.333. The first-order valence-electron chi connectivity index (χ1n) is 4.81. The number of hydrogen-bond donors (Lipinski definition) is 2. The molecule has 0 radical (unpaired) electrons. The molecule has 2 heterocycles. The lowest BCUT2D eigenvalue weighted by Crippen LogP contribution is -2.03. The molecule has 7 nitrogen and oxygen atoms in total. The number of nitrogens with zero attached hydrogens (tertiary/aromatic N) is 4. The van der Waals surface area contributed by atoms with Gasteiger partial charge in [0.25, 0.3) is 0 Å². The van der Waals surface area contributed by atoms with E-state index in [1.807, 2.05) is 0 Å². The molecule has 0 aliphatic rings. The van der Waals surface area contributed by atoms with Crippen molar-refractivity contribution in [2.75, 3.05) is 17.7 Å². The Kier molecular flexibility index (Phi) is 2.95. The molecule has 0 fully saturated rings. The van der Waals surface area contributed by atoms with Crippen LogP contribution in [0, 0.1) is 6.92 Å². The van der Waals surface area contributed by atoms with Gasteiger partial charge in [-0.25, -0.2) is 4.98 Å². The largest absolute Gasteiger partial charge is 0.372 e. The maximum Gasteiger partial charge on any atom is 0.245 e. The summed E-state index contributed by atoms with van der Waals surface area (Å²) in [5.74, 6) is 2.50. The summed E-state index contributed by atoms with van der Waals surface area (Å²) >= 11 is 0. The summed E-state index contributed by atoms with van der Waals surface area (Å²) in [7, 11) is 1.79. The molecule has 0 saturated heterocycles. The van der Waals surface area contributed by atoms with Gasteiger partial charge in [0, 0.05) is 7.05 Å². The zero-order valence-electron chi connectivity index (χ0n) is 9.06. The highest BCUT2D eigenvalue weighted by Crippen LogP contribution is 2.07. The molecule has 2 aromatic heterocycles. The van der Waals surface area contributed by atoms with Crippen LogP contribution in [0.1, 0.15) is 11.7 Å².